The maximum Gasteiger partial charge on any atom is 0.116 e. The lowest BCUT2D eigenvalue weighted by molar-refractivity contribution is 0.729. The van der Waals surface area contributed by atoms with Crippen molar-refractivity contribution < 1.29 is 0 Å². The van der Waals surface area contributed by atoms with Crippen molar-refractivity contribution in [2.75, 3.05) is 0 Å². The van der Waals surface area contributed by atoms with Crippen molar-refractivity contribution in [3.05, 3.63) is 54.0 Å². The first-order valence-corrected chi connectivity index (χ1v) is 6.48. The standard InChI is InChI=1S/C13H13N3S/c14-13-10-4-2-1-3-9(10)7-11(13)17-12-5-6-15-8-16-12/h1-6,8,11,13H,7,14H2. The normalized spacial score (nSPS) is 22.4. The van der Waals surface area contributed by atoms with Crippen molar-refractivity contribution in [1.29, 1.82) is 0 Å². The maximum atomic E-state index is 6.27. The second-order valence-corrected chi connectivity index (χ2v) is 5.39. The van der Waals surface area contributed by atoms with Gasteiger partial charge in [0.15, 0.2) is 0 Å². The molecule has 1 aliphatic rings. The molecule has 0 aliphatic heterocycles. The lowest BCUT2D eigenvalue weighted by Gasteiger charge is -2.14. The maximum absolute atomic E-state index is 6.27. The molecule has 2 aromatic rings. The molecule has 1 aromatic heterocycles. The van der Waals surface area contributed by atoms with Gasteiger partial charge in [-0.3, -0.25) is 0 Å². The third-order valence-electron chi connectivity index (χ3n) is 3.06. The summed E-state index contributed by atoms with van der Waals surface area (Å²) in [5.74, 6) is 0. The lowest BCUT2D eigenvalue weighted by Crippen LogP contribution is -2.18. The molecule has 3 nitrogen and oxygen atoms in total. The summed E-state index contributed by atoms with van der Waals surface area (Å²) in [5, 5.41) is 1.37. The zero-order valence-corrected chi connectivity index (χ0v) is 10.1. The number of aromatic nitrogens is 2. The van der Waals surface area contributed by atoms with Gasteiger partial charge in [-0.1, -0.05) is 24.3 Å². The van der Waals surface area contributed by atoms with E-state index in [1.54, 1.807) is 24.3 Å². The van der Waals surface area contributed by atoms with Gasteiger partial charge in [-0.05, 0) is 23.6 Å². The molecule has 0 radical (unpaired) electrons. The Labute approximate surface area is 104 Å². The Balaban J connectivity index is 1.81. The van der Waals surface area contributed by atoms with Crippen LogP contribution in [0.4, 0.5) is 0 Å². The van der Waals surface area contributed by atoms with Crippen LogP contribution >= 0.6 is 11.8 Å². The van der Waals surface area contributed by atoms with E-state index >= 15 is 0 Å². The van der Waals surface area contributed by atoms with Gasteiger partial charge in [0.05, 0.1) is 5.03 Å². The van der Waals surface area contributed by atoms with Crippen LogP contribution in [0.25, 0.3) is 0 Å². The Morgan fingerprint density at radius 1 is 1.24 bits per heavy atom. The molecule has 0 amide bonds. The molecule has 2 atom stereocenters. The fourth-order valence-electron chi connectivity index (χ4n) is 2.21. The molecule has 1 aliphatic carbocycles. The number of nitrogens with zero attached hydrogens (tertiary/aromatic N) is 2. The molecule has 0 saturated heterocycles. The highest BCUT2D eigenvalue weighted by Crippen LogP contribution is 2.39. The van der Waals surface area contributed by atoms with Gasteiger partial charge in [0.2, 0.25) is 0 Å². The number of fused-ring (bicyclic) bond motifs is 1. The van der Waals surface area contributed by atoms with Crippen LogP contribution in [0.15, 0.2) is 47.9 Å². The molecule has 0 bridgehead atoms. The number of hydrogen-bond donors (Lipinski definition) is 1. The topological polar surface area (TPSA) is 51.8 Å². The van der Waals surface area contributed by atoms with E-state index in [0.29, 0.717) is 5.25 Å². The Morgan fingerprint density at radius 3 is 2.88 bits per heavy atom. The molecule has 3 rings (SSSR count). The van der Waals surface area contributed by atoms with Gasteiger partial charge in [0, 0.05) is 17.5 Å². The monoisotopic (exact) mass is 243 g/mol. The van der Waals surface area contributed by atoms with E-state index in [0.717, 1.165) is 11.4 Å². The summed E-state index contributed by atoms with van der Waals surface area (Å²) in [4.78, 5) is 8.16. The van der Waals surface area contributed by atoms with Crippen LogP contribution in [0.5, 0.6) is 0 Å². The molecule has 17 heavy (non-hydrogen) atoms. The summed E-state index contributed by atoms with van der Waals surface area (Å²) in [7, 11) is 0. The van der Waals surface area contributed by atoms with Crippen molar-refractivity contribution in [3.63, 3.8) is 0 Å². The molecule has 0 spiro atoms. The van der Waals surface area contributed by atoms with Crippen molar-refractivity contribution in [2.24, 2.45) is 5.73 Å². The number of benzene rings is 1. The second-order valence-electron chi connectivity index (χ2n) is 4.13. The number of rotatable bonds is 2. The minimum Gasteiger partial charge on any atom is -0.323 e. The van der Waals surface area contributed by atoms with Gasteiger partial charge in [0.1, 0.15) is 6.33 Å². The second kappa shape index (κ2) is 4.47. The first-order valence-electron chi connectivity index (χ1n) is 5.60. The summed E-state index contributed by atoms with van der Waals surface area (Å²) in [6, 6.07) is 10.4. The van der Waals surface area contributed by atoms with E-state index < -0.39 is 0 Å². The lowest BCUT2D eigenvalue weighted by atomic mass is 10.1. The number of thioether (sulfide) groups is 1. The average molecular weight is 243 g/mol. The molecular formula is C13H13N3S. The summed E-state index contributed by atoms with van der Waals surface area (Å²) < 4.78 is 0. The van der Waals surface area contributed by atoms with Gasteiger partial charge in [-0.2, -0.15) is 0 Å². The Bertz CT molecular complexity index is 515. The molecule has 1 heterocycles. The van der Waals surface area contributed by atoms with E-state index in [9.17, 15) is 0 Å². The number of hydrogen-bond acceptors (Lipinski definition) is 4. The van der Waals surface area contributed by atoms with Crippen LogP contribution in [0.3, 0.4) is 0 Å². The molecule has 2 unspecified atom stereocenters. The van der Waals surface area contributed by atoms with Crippen LogP contribution in [0.1, 0.15) is 17.2 Å². The summed E-state index contributed by atoms with van der Waals surface area (Å²) in [6.07, 6.45) is 4.37. The average Bonchev–Trinajstić information content (AvgIpc) is 2.68. The number of nitrogens with two attached hydrogens (primary N) is 1. The van der Waals surface area contributed by atoms with Crippen molar-refractivity contribution >= 4 is 11.8 Å². The van der Waals surface area contributed by atoms with Crippen LogP contribution in [-0.2, 0) is 6.42 Å². The minimum absolute atomic E-state index is 0.103. The quantitative estimate of drug-likeness (QED) is 0.821. The third kappa shape index (κ3) is 2.06. The molecule has 2 N–H and O–H groups in total. The largest absolute Gasteiger partial charge is 0.323 e. The summed E-state index contributed by atoms with van der Waals surface area (Å²) in [5.41, 5.74) is 8.92. The molecule has 1 aromatic carbocycles. The fraction of sp³-hybridized carbons (Fsp3) is 0.231. The van der Waals surface area contributed by atoms with E-state index in [1.165, 1.54) is 11.1 Å². The van der Waals surface area contributed by atoms with Crippen molar-refractivity contribution in [3.8, 4) is 0 Å². The predicted molar refractivity (Wildman–Crippen MR) is 68.8 cm³/mol. The summed E-state index contributed by atoms with van der Waals surface area (Å²) >= 11 is 1.74. The SMILES string of the molecule is NC1c2ccccc2CC1Sc1ccncn1. The van der Waals surface area contributed by atoms with Gasteiger partial charge in [-0.25, -0.2) is 9.97 Å². The molecule has 4 heteroatoms. The van der Waals surface area contributed by atoms with Gasteiger partial charge >= 0.3 is 0 Å². The smallest absolute Gasteiger partial charge is 0.116 e. The van der Waals surface area contributed by atoms with Crippen LogP contribution < -0.4 is 5.73 Å². The molecule has 86 valence electrons. The van der Waals surface area contributed by atoms with Crippen LogP contribution in [-0.4, -0.2) is 15.2 Å². The highest BCUT2D eigenvalue weighted by molar-refractivity contribution is 7.99. The highest BCUT2D eigenvalue weighted by Gasteiger charge is 2.30. The van der Waals surface area contributed by atoms with E-state index in [-0.39, 0.29) is 6.04 Å². The predicted octanol–water partition coefficient (Wildman–Crippen LogP) is 2.19. The Kier molecular flexibility index (Phi) is 2.82. The first-order chi connectivity index (χ1) is 8.34. The van der Waals surface area contributed by atoms with E-state index in [1.807, 2.05) is 6.07 Å². The zero-order chi connectivity index (χ0) is 11.7. The van der Waals surface area contributed by atoms with Crippen LogP contribution in [0.2, 0.25) is 0 Å². The Morgan fingerprint density at radius 2 is 2.12 bits per heavy atom. The van der Waals surface area contributed by atoms with Crippen molar-refractivity contribution in [1.82, 2.24) is 9.97 Å². The van der Waals surface area contributed by atoms with Gasteiger partial charge < -0.3 is 5.73 Å². The first kappa shape index (κ1) is 10.7. The highest BCUT2D eigenvalue weighted by atomic mass is 32.2. The van der Waals surface area contributed by atoms with Crippen LogP contribution in [0, 0.1) is 0 Å². The molecular weight excluding hydrogens is 230 g/mol. The molecule has 0 saturated carbocycles. The third-order valence-corrected chi connectivity index (χ3v) is 4.31. The molecule has 0 fully saturated rings. The zero-order valence-electron chi connectivity index (χ0n) is 9.28. The fourth-order valence-corrected chi connectivity index (χ4v) is 3.32. The summed E-state index contributed by atoms with van der Waals surface area (Å²) in [6.45, 7) is 0. The van der Waals surface area contributed by atoms with E-state index in [2.05, 4.69) is 34.2 Å². The Hall–Kier alpha value is -1.39. The minimum atomic E-state index is 0.103. The van der Waals surface area contributed by atoms with Gasteiger partial charge in [0.25, 0.3) is 0 Å². The van der Waals surface area contributed by atoms with Gasteiger partial charge in [-0.15, -0.1) is 11.8 Å². The van der Waals surface area contributed by atoms with E-state index in [4.69, 9.17) is 5.73 Å². The van der Waals surface area contributed by atoms with Crippen molar-refractivity contribution in [2.45, 2.75) is 22.7 Å².